The summed E-state index contributed by atoms with van der Waals surface area (Å²) in [5.74, 6) is -1.30. The topological polar surface area (TPSA) is 374 Å². The summed E-state index contributed by atoms with van der Waals surface area (Å²) in [6.45, 7) is 5.74. The molecule has 3 rings (SSSR count). The number of phosphoric ester groups is 1. The lowest BCUT2D eigenvalue weighted by molar-refractivity contribution is -0.360. The highest BCUT2D eigenvalue weighted by Gasteiger charge is 2.58. The van der Waals surface area contributed by atoms with Crippen molar-refractivity contribution in [2.45, 2.75) is 389 Å². The number of aliphatic hydroxyl groups is 10. The number of rotatable bonds is 57. The number of phosphoric acid groups is 1. The van der Waals surface area contributed by atoms with Gasteiger partial charge in [0.1, 0.15) is 98.7 Å². The third-order valence-corrected chi connectivity index (χ3v) is 19.7. The van der Waals surface area contributed by atoms with Crippen LogP contribution in [-0.2, 0) is 61.2 Å². The number of carbonyl (C=O) groups is 3. The van der Waals surface area contributed by atoms with Crippen LogP contribution in [0.2, 0.25) is 0 Å². The molecule has 25 heteroatoms. The number of ether oxygens (including phenoxy) is 7. The molecular weight excluding hydrogens is 1270 g/mol. The van der Waals surface area contributed by atoms with Crippen molar-refractivity contribution >= 4 is 25.7 Å². The van der Waals surface area contributed by atoms with Gasteiger partial charge in [-0.25, -0.2) is 4.57 Å². The maximum atomic E-state index is 14.3. The minimum Gasteiger partial charge on any atom is -0.463 e. The zero-order valence-corrected chi connectivity index (χ0v) is 59.7. The summed E-state index contributed by atoms with van der Waals surface area (Å²) in [4.78, 5) is 50.9. The minimum atomic E-state index is -5.69. The molecule has 1 aliphatic carbocycles. The number of aliphatic hydroxyl groups excluding tert-OH is 10. The molecule has 0 amide bonds. The summed E-state index contributed by atoms with van der Waals surface area (Å²) in [6, 6.07) is 0. The van der Waals surface area contributed by atoms with Crippen LogP contribution < -0.4 is 0 Å². The van der Waals surface area contributed by atoms with E-state index in [4.69, 9.17) is 42.2 Å². The van der Waals surface area contributed by atoms with Crippen molar-refractivity contribution < 1.29 is 117 Å². The van der Waals surface area contributed by atoms with Crippen LogP contribution in [0.25, 0.3) is 0 Å². The Morgan fingerprint density at radius 1 is 0.427 bits per heavy atom. The van der Waals surface area contributed by atoms with Gasteiger partial charge in [0.25, 0.3) is 0 Å². The summed E-state index contributed by atoms with van der Waals surface area (Å²) in [7, 11) is -5.69. The predicted molar refractivity (Wildman–Crippen MR) is 361 cm³/mol. The number of carbonyl (C=O) groups excluding carboxylic acids is 3. The molecule has 24 nitrogen and oxygen atoms in total. The van der Waals surface area contributed by atoms with Gasteiger partial charge in [-0.1, -0.05) is 232 Å². The first-order valence-corrected chi connectivity index (χ1v) is 38.9. The number of esters is 3. The lowest BCUT2D eigenvalue weighted by atomic mass is 9.84. The smallest absolute Gasteiger partial charge is 0.463 e. The fourth-order valence-corrected chi connectivity index (χ4v) is 13.4. The zero-order chi connectivity index (χ0) is 70.5. The van der Waals surface area contributed by atoms with E-state index in [1.807, 2.05) is 0 Å². The third-order valence-electron chi connectivity index (χ3n) is 18.7. The van der Waals surface area contributed by atoms with Gasteiger partial charge >= 0.3 is 25.7 Å². The normalized spacial score (nSPS) is 28.3. The van der Waals surface area contributed by atoms with E-state index in [2.05, 4.69) is 39.8 Å². The van der Waals surface area contributed by atoms with Crippen LogP contribution in [0.1, 0.15) is 285 Å². The molecule has 0 spiro atoms. The molecule has 19 atom stereocenters. The van der Waals surface area contributed by atoms with E-state index in [-0.39, 0.29) is 19.3 Å². The first kappa shape index (κ1) is 87.9. The molecule has 3 aliphatic rings. The van der Waals surface area contributed by atoms with Gasteiger partial charge in [0.05, 0.1) is 13.2 Å². The van der Waals surface area contributed by atoms with Crippen LogP contribution >= 0.6 is 7.82 Å². The van der Waals surface area contributed by atoms with Crippen molar-refractivity contribution in [1.82, 2.24) is 0 Å². The molecule has 0 aromatic rings. The molecule has 1 saturated carbocycles. The SMILES string of the molecule is CCCCCCCCC/C=C\CCCCCC(=O)OCC1OC(OC2C(O)C(O)C(O)C(OC3OC(CO)C(O)C(O)C3O)C2OP(=O)(O)OCC(COC(=O)CCCCCCCCC(C)CCCCCCCC)OC(=O)CCCCCCCCCCCCC)C(O)C(O)C1O. The van der Waals surface area contributed by atoms with Gasteiger partial charge in [0.15, 0.2) is 18.7 Å². The number of unbranched alkanes of at least 4 members (excludes halogenated alkanes) is 30. The van der Waals surface area contributed by atoms with Gasteiger partial charge in [-0.05, 0) is 50.9 Å². The predicted octanol–water partition coefficient (Wildman–Crippen LogP) is 9.82. The average Bonchev–Trinajstić information content (AvgIpc) is 0.764. The van der Waals surface area contributed by atoms with E-state index in [0.29, 0.717) is 25.2 Å². The Morgan fingerprint density at radius 2 is 0.792 bits per heavy atom. The Balaban J connectivity index is 1.74. The van der Waals surface area contributed by atoms with E-state index in [1.165, 1.54) is 122 Å². The molecule has 19 unspecified atom stereocenters. The van der Waals surface area contributed by atoms with E-state index in [9.17, 15) is 74.9 Å². The summed E-state index contributed by atoms with van der Waals surface area (Å²) in [6.07, 6.45) is 8.73. The van der Waals surface area contributed by atoms with Gasteiger partial charge in [0, 0.05) is 19.3 Å². The Hall–Kier alpha value is -2.30. The van der Waals surface area contributed by atoms with Gasteiger partial charge in [-0.2, -0.15) is 0 Å². The quantitative estimate of drug-likeness (QED) is 0.00886. The average molecular weight is 1400 g/mol. The molecule has 0 aromatic carbocycles. The fraction of sp³-hybridized carbons (Fsp3) is 0.930. The van der Waals surface area contributed by atoms with Crippen LogP contribution in [0.15, 0.2) is 12.2 Å². The highest BCUT2D eigenvalue weighted by atomic mass is 31.2. The lowest BCUT2D eigenvalue weighted by Gasteiger charge is -2.49. The molecule has 0 radical (unpaired) electrons. The maximum Gasteiger partial charge on any atom is 0.472 e. The largest absolute Gasteiger partial charge is 0.472 e. The van der Waals surface area contributed by atoms with Crippen LogP contribution in [0.5, 0.6) is 0 Å². The Morgan fingerprint density at radius 3 is 1.24 bits per heavy atom. The Bertz CT molecular complexity index is 2060. The Kier molecular flexibility index (Phi) is 48.2. The van der Waals surface area contributed by atoms with E-state index in [1.54, 1.807) is 0 Å². The van der Waals surface area contributed by atoms with Crippen molar-refractivity contribution in [3.05, 3.63) is 12.2 Å². The Labute approximate surface area is 573 Å². The monoisotopic (exact) mass is 1400 g/mol. The molecule has 0 bridgehead atoms. The van der Waals surface area contributed by atoms with Crippen molar-refractivity contribution in [3.8, 4) is 0 Å². The van der Waals surface area contributed by atoms with Crippen molar-refractivity contribution in [1.29, 1.82) is 0 Å². The molecule has 3 fully saturated rings. The van der Waals surface area contributed by atoms with E-state index in [0.717, 1.165) is 96.3 Å². The van der Waals surface area contributed by atoms with Crippen LogP contribution in [-0.4, -0.2) is 204 Å². The molecule has 2 aliphatic heterocycles. The molecule has 2 saturated heterocycles. The summed E-state index contributed by atoms with van der Waals surface area (Å²) < 4.78 is 65.0. The van der Waals surface area contributed by atoms with Crippen LogP contribution in [0, 0.1) is 5.92 Å². The van der Waals surface area contributed by atoms with E-state index >= 15 is 0 Å². The molecule has 564 valence electrons. The number of allylic oxidation sites excluding steroid dienone is 2. The second kappa shape index (κ2) is 52.6. The van der Waals surface area contributed by atoms with Gasteiger partial charge < -0.3 is 89.1 Å². The molecular formula is C71H131O24P. The number of hydrogen-bond donors (Lipinski definition) is 11. The highest BCUT2D eigenvalue weighted by molar-refractivity contribution is 7.47. The second-order valence-corrected chi connectivity index (χ2v) is 28.7. The van der Waals surface area contributed by atoms with Gasteiger partial charge in [-0.15, -0.1) is 0 Å². The number of hydrogen-bond acceptors (Lipinski definition) is 23. The van der Waals surface area contributed by atoms with Gasteiger partial charge in [0.2, 0.25) is 0 Å². The summed E-state index contributed by atoms with van der Waals surface area (Å²) >= 11 is 0. The minimum absolute atomic E-state index is 0.00916. The summed E-state index contributed by atoms with van der Waals surface area (Å²) in [5, 5.41) is 110. The van der Waals surface area contributed by atoms with Gasteiger partial charge in [-0.3, -0.25) is 23.4 Å². The van der Waals surface area contributed by atoms with Crippen LogP contribution in [0.3, 0.4) is 0 Å². The van der Waals surface area contributed by atoms with E-state index < -0.39 is 156 Å². The van der Waals surface area contributed by atoms with Crippen molar-refractivity contribution in [3.63, 3.8) is 0 Å². The molecule has 11 N–H and O–H groups in total. The summed E-state index contributed by atoms with van der Waals surface area (Å²) in [5.41, 5.74) is 0. The molecule has 96 heavy (non-hydrogen) atoms. The lowest BCUT2D eigenvalue weighted by Crippen LogP contribution is -2.69. The molecule has 2 heterocycles. The first-order valence-electron chi connectivity index (χ1n) is 37.4. The maximum absolute atomic E-state index is 14.3. The molecule has 0 aromatic heterocycles. The zero-order valence-electron chi connectivity index (χ0n) is 58.8. The van der Waals surface area contributed by atoms with Crippen molar-refractivity contribution in [2.24, 2.45) is 5.92 Å². The van der Waals surface area contributed by atoms with Crippen molar-refractivity contribution in [2.75, 3.05) is 26.4 Å². The van der Waals surface area contributed by atoms with Crippen LogP contribution in [0.4, 0.5) is 0 Å². The highest BCUT2D eigenvalue weighted by Crippen LogP contribution is 2.49. The fourth-order valence-electron chi connectivity index (χ4n) is 12.5. The second-order valence-electron chi connectivity index (χ2n) is 27.3. The third kappa shape index (κ3) is 36.0. The standard InChI is InChI=1S/C71H131O24P/c1-5-8-11-14-17-19-21-22-23-25-26-28-34-40-45-56(74)88-50-54-59(77)61(79)66(84)71(92-54)94-68-64(82)62(80)63(81)67(93-70-65(83)60(78)58(76)53(47-72)91-70)69(68)95-96(85,86)89-49-52(90-57(75)46-41-36-29-27-24-20-18-15-12-9-6-2)48-87-55(73)44-39-35-31-30-33-38-43-51(4)42-37-32-16-13-10-7-3/h23,25,51-54,58-72,76-84H,5-22,24,26-50H2,1-4H3,(H,85,86)/b25-23-. The first-order chi connectivity index (χ1) is 46.2.